The fourth-order valence-electron chi connectivity index (χ4n) is 4.06. The van der Waals surface area contributed by atoms with E-state index < -0.39 is 0 Å². The minimum absolute atomic E-state index is 0.130. The lowest BCUT2D eigenvalue weighted by Crippen LogP contribution is -2.31. The molecule has 0 saturated carbocycles. The van der Waals surface area contributed by atoms with Gasteiger partial charge in [-0.15, -0.1) is 11.8 Å². The van der Waals surface area contributed by atoms with Gasteiger partial charge in [0, 0.05) is 41.8 Å². The second kappa shape index (κ2) is 8.81. The first-order valence-electron chi connectivity index (χ1n) is 10.2. The quantitative estimate of drug-likeness (QED) is 0.528. The number of nitrogens with zero attached hydrogens (tertiary/aromatic N) is 3. The highest BCUT2D eigenvalue weighted by Crippen LogP contribution is 2.41. The van der Waals surface area contributed by atoms with Gasteiger partial charge in [0.2, 0.25) is 0 Å². The molecule has 5 heteroatoms. The summed E-state index contributed by atoms with van der Waals surface area (Å²) >= 11 is 1.91. The van der Waals surface area contributed by atoms with Gasteiger partial charge < -0.3 is 9.47 Å². The number of aryl methyl sites for hydroxylation is 2. The number of aromatic nitrogens is 1. The zero-order valence-corrected chi connectivity index (χ0v) is 18.2. The molecule has 1 atom stereocenters. The Bertz CT molecular complexity index is 1150. The van der Waals surface area contributed by atoms with Gasteiger partial charge in [-0.2, -0.15) is 5.26 Å². The van der Waals surface area contributed by atoms with Crippen LogP contribution in [0.2, 0.25) is 0 Å². The number of hydrogen-bond acceptors (Lipinski definition) is 3. The van der Waals surface area contributed by atoms with Crippen molar-refractivity contribution in [3.8, 4) is 6.07 Å². The summed E-state index contributed by atoms with van der Waals surface area (Å²) in [5.41, 5.74) is 3.79. The summed E-state index contributed by atoms with van der Waals surface area (Å²) in [6, 6.07) is 17.7. The second-order valence-electron chi connectivity index (χ2n) is 7.80. The monoisotopic (exact) mass is 415 g/mol. The zero-order chi connectivity index (χ0) is 21.1. The van der Waals surface area contributed by atoms with Gasteiger partial charge in [-0.3, -0.25) is 4.79 Å². The van der Waals surface area contributed by atoms with Gasteiger partial charge in [0.25, 0.3) is 5.91 Å². The fourth-order valence-corrected chi connectivity index (χ4v) is 5.37. The molecule has 2 aliphatic rings. The average molecular weight is 416 g/mol. The van der Waals surface area contributed by atoms with Gasteiger partial charge in [-0.1, -0.05) is 30.3 Å². The Labute approximate surface area is 181 Å². The van der Waals surface area contributed by atoms with E-state index in [-0.39, 0.29) is 5.91 Å². The van der Waals surface area contributed by atoms with Crippen LogP contribution in [0, 0.1) is 24.2 Å². The molecule has 1 aromatic heterocycles. The Morgan fingerprint density at radius 1 is 1.17 bits per heavy atom. The number of allylic oxidation sites excluding steroid dienone is 1. The van der Waals surface area contributed by atoms with Crippen LogP contribution in [-0.4, -0.2) is 27.7 Å². The molecule has 1 unspecified atom stereocenters. The summed E-state index contributed by atoms with van der Waals surface area (Å²) in [6.07, 6.45) is 6.43. The van der Waals surface area contributed by atoms with Crippen molar-refractivity contribution in [2.45, 2.75) is 19.8 Å². The number of amides is 1. The van der Waals surface area contributed by atoms with E-state index in [1.165, 1.54) is 17.1 Å². The van der Waals surface area contributed by atoms with Crippen molar-refractivity contribution >= 4 is 28.6 Å². The standard InChI is InChI=1S/C17H18N2OS.C8H7N/c1-18-10-14(13-4-2-3-5-15(13)18)17(20)19-8-6-12-7-9-21-16(12)11-19;1-7-3-2-4-8(5-7)6-9/h2-5,10-12H,6-9H2,1H3;2-5H,1H3. The predicted molar refractivity (Wildman–Crippen MR) is 123 cm³/mol. The lowest BCUT2D eigenvalue weighted by Gasteiger charge is -2.27. The first-order chi connectivity index (χ1) is 14.6. The van der Waals surface area contributed by atoms with Crippen LogP contribution in [0.1, 0.15) is 34.3 Å². The molecule has 0 spiro atoms. The van der Waals surface area contributed by atoms with Crippen LogP contribution in [0.3, 0.4) is 0 Å². The van der Waals surface area contributed by atoms with Crippen LogP contribution in [0.25, 0.3) is 10.9 Å². The highest BCUT2D eigenvalue weighted by molar-refractivity contribution is 8.03. The third-order valence-electron chi connectivity index (χ3n) is 5.67. The number of nitriles is 1. The van der Waals surface area contributed by atoms with E-state index in [1.54, 1.807) is 6.07 Å². The number of carbonyl (C=O) groups is 1. The molecule has 0 N–H and O–H groups in total. The topological polar surface area (TPSA) is 49.0 Å². The van der Waals surface area contributed by atoms with Crippen molar-refractivity contribution in [1.82, 2.24) is 9.47 Å². The molecule has 1 amide bonds. The Hall–Kier alpha value is -2.97. The van der Waals surface area contributed by atoms with E-state index in [0.717, 1.165) is 40.6 Å². The van der Waals surface area contributed by atoms with Crippen molar-refractivity contribution in [1.29, 1.82) is 5.26 Å². The molecule has 2 aromatic carbocycles. The van der Waals surface area contributed by atoms with Crippen LogP contribution in [-0.2, 0) is 7.05 Å². The highest BCUT2D eigenvalue weighted by Gasteiger charge is 2.29. The summed E-state index contributed by atoms with van der Waals surface area (Å²) in [5, 5.41) is 9.46. The lowest BCUT2D eigenvalue weighted by molar-refractivity contribution is 0.0809. The van der Waals surface area contributed by atoms with E-state index in [0.29, 0.717) is 5.92 Å². The Balaban J connectivity index is 0.000000204. The molecule has 5 rings (SSSR count). The minimum Gasteiger partial charge on any atom is -0.350 e. The van der Waals surface area contributed by atoms with Gasteiger partial charge in [-0.05, 0) is 55.2 Å². The molecule has 1 saturated heterocycles. The molecule has 3 aromatic rings. The molecule has 1 fully saturated rings. The number of thioether (sulfide) groups is 1. The molecule has 30 heavy (non-hydrogen) atoms. The third-order valence-corrected chi connectivity index (χ3v) is 6.89. The largest absolute Gasteiger partial charge is 0.350 e. The van der Waals surface area contributed by atoms with E-state index in [4.69, 9.17) is 5.26 Å². The van der Waals surface area contributed by atoms with E-state index >= 15 is 0 Å². The molecule has 0 radical (unpaired) electrons. The third kappa shape index (κ3) is 4.15. The minimum atomic E-state index is 0.130. The molecule has 2 aliphatic heterocycles. The van der Waals surface area contributed by atoms with Crippen LogP contribution in [0.4, 0.5) is 0 Å². The number of para-hydroxylation sites is 1. The molecule has 152 valence electrons. The van der Waals surface area contributed by atoms with Gasteiger partial charge >= 0.3 is 0 Å². The van der Waals surface area contributed by atoms with E-state index in [2.05, 4.69) is 18.3 Å². The number of benzene rings is 2. The van der Waals surface area contributed by atoms with Crippen molar-refractivity contribution in [2.24, 2.45) is 13.0 Å². The summed E-state index contributed by atoms with van der Waals surface area (Å²) < 4.78 is 2.03. The number of rotatable bonds is 1. The van der Waals surface area contributed by atoms with Crippen molar-refractivity contribution < 1.29 is 4.79 Å². The molecular weight excluding hydrogens is 390 g/mol. The maximum atomic E-state index is 12.9. The van der Waals surface area contributed by atoms with E-state index in [9.17, 15) is 4.79 Å². The normalized spacial score (nSPS) is 17.6. The lowest BCUT2D eigenvalue weighted by atomic mass is 9.99. The van der Waals surface area contributed by atoms with Crippen LogP contribution in [0.5, 0.6) is 0 Å². The summed E-state index contributed by atoms with van der Waals surface area (Å²) in [7, 11) is 2.00. The van der Waals surface area contributed by atoms with Crippen LogP contribution >= 0.6 is 11.8 Å². The van der Waals surface area contributed by atoms with Crippen molar-refractivity contribution in [3.05, 3.63) is 82.5 Å². The maximum absolute atomic E-state index is 12.9. The predicted octanol–water partition coefficient (Wildman–Crippen LogP) is 5.49. The number of hydrogen-bond donors (Lipinski definition) is 0. The van der Waals surface area contributed by atoms with Gasteiger partial charge in [0.1, 0.15) is 0 Å². The zero-order valence-electron chi connectivity index (χ0n) is 17.3. The first-order valence-corrected chi connectivity index (χ1v) is 11.2. The number of fused-ring (bicyclic) bond motifs is 2. The smallest absolute Gasteiger partial charge is 0.260 e. The SMILES string of the molecule is Cc1cccc(C#N)c1.Cn1cc(C(=O)N2C=C3SCCC3CC2)c2ccccc21. The van der Waals surface area contributed by atoms with Crippen LogP contribution in [0.15, 0.2) is 65.8 Å². The molecule has 0 aliphatic carbocycles. The molecule has 0 bridgehead atoms. The summed E-state index contributed by atoms with van der Waals surface area (Å²) in [5.74, 6) is 2.03. The number of carbonyl (C=O) groups excluding carboxylic acids is 1. The summed E-state index contributed by atoms with van der Waals surface area (Å²) in [4.78, 5) is 16.2. The maximum Gasteiger partial charge on any atom is 0.260 e. The van der Waals surface area contributed by atoms with Gasteiger partial charge in [0.15, 0.2) is 0 Å². The average Bonchev–Trinajstić information content (AvgIpc) is 3.38. The second-order valence-corrected chi connectivity index (χ2v) is 8.97. The summed E-state index contributed by atoms with van der Waals surface area (Å²) in [6.45, 7) is 2.82. The molecular formula is C25H25N3OS. The van der Waals surface area contributed by atoms with Crippen LogP contribution < -0.4 is 0 Å². The molecule has 3 heterocycles. The fraction of sp³-hybridized carbons (Fsp3) is 0.280. The highest BCUT2D eigenvalue weighted by atomic mass is 32.2. The first kappa shape index (κ1) is 20.3. The Kier molecular flexibility index (Phi) is 5.96. The van der Waals surface area contributed by atoms with Crippen molar-refractivity contribution in [2.75, 3.05) is 12.3 Å². The van der Waals surface area contributed by atoms with Crippen molar-refractivity contribution in [3.63, 3.8) is 0 Å². The van der Waals surface area contributed by atoms with Gasteiger partial charge in [0.05, 0.1) is 17.2 Å². The molecule has 4 nitrogen and oxygen atoms in total. The Morgan fingerprint density at radius 3 is 2.77 bits per heavy atom. The Morgan fingerprint density at radius 2 is 2.00 bits per heavy atom. The van der Waals surface area contributed by atoms with Gasteiger partial charge in [-0.25, -0.2) is 0 Å². The van der Waals surface area contributed by atoms with E-state index in [1.807, 2.05) is 77.8 Å².